The number of hydrogen-bond donors (Lipinski definition) is 0. The molecule has 0 aliphatic carbocycles. The monoisotopic (exact) mass is 433 g/mol. The first-order valence-electron chi connectivity index (χ1n) is 9.79. The van der Waals surface area contributed by atoms with Gasteiger partial charge < -0.3 is 14.2 Å². The zero-order valence-corrected chi connectivity index (χ0v) is 18.2. The van der Waals surface area contributed by atoms with Crippen LogP contribution in [0.5, 0.6) is 17.2 Å². The molecule has 0 unspecified atom stereocenters. The molecule has 0 N–H and O–H groups in total. The molecule has 0 bridgehead atoms. The molecule has 7 heteroatoms. The van der Waals surface area contributed by atoms with Crippen molar-refractivity contribution < 1.29 is 14.2 Å². The number of para-hydroxylation sites is 1. The van der Waals surface area contributed by atoms with Crippen molar-refractivity contribution in [3.8, 4) is 22.9 Å². The summed E-state index contributed by atoms with van der Waals surface area (Å²) in [7, 11) is 3.32. The molecule has 0 saturated heterocycles. The normalized spacial score (nSPS) is 10.6. The third-order valence-corrected chi connectivity index (χ3v) is 5.64. The summed E-state index contributed by atoms with van der Waals surface area (Å²) in [5, 5.41) is 9.65. The topological polar surface area (TPSA) is 58.4 Å². The first-order valence-corrected chi connectivity index (χ1v) is 10.8. The highest BCUT2D eigenvalue weighted by Crippen LogP contribution is 2.27. The van der Waals surface area contributed by atoms with Crippen molar-refractivity contribution in [2.75, 3.05) is 14.2 Å². The lowest BCUT2D eigenvalue weighted by molar-refractivity contribution is 0.292. The molecule has 158 valence electrons. The average molecular weight is 434 g/mol. The summed E-state index contributed by atoms with van der Waals surface area (Å²) < 4.78 is 18.5. The van der Waals surface area contributed by atoms with E-state index in [1.807, 2.05) is 77.4 Å². The number of aromatic nitrogens is 3. The molecule has 1 aromatic heterocycles. The van der Waals surface area contributed by atoms with Crippen molar-refractivity contribution in [2.45, 2.75) is 17.5 Å². The molecule has 4 rings (SSSR count). The maximum absolute atomic E-state index is 5.96. The van der Waals surface area contributed by atoms with Crippen LogP contribution in [0, 0.1) is 0 Å². The molecule has 0 amide bonds. The molecule has 3 aromatic carbocycles. The predicted octanol–water partition coefficient (Wildman–Crippen LogP) is 5.16. The minimum atomic E-state index is 0.300. The molecule has 0 saturated carbocycles. The van der Waals surface area contributed by atoms with Gasteiger partial charge in [0, 0.05) is 11.4 Å². The van der Waals surface area contributed by atoms with Gasteiger partial charge in [-0.2, -0.15) is 0 Å². The number of hydrogen-bond acceptors (Lipinski definition) is 6. The second-order valence-corrected chi connectivity index (χ2v) is 7.62. The van der Waals surface area contributed by atoms with Crippen molar-refractivity contribution in [1.82, 2.24) is 14.8 Å². The van der Waals surface area contributed by atoms with E-state index in [0.717, 1.165) is 45.2 Å². The smallest absolute Gasteiger partial charge is 0.196 e. The molecule has 0 aliphatic rings. The quantitative estimate of drug-likeness (QED) is 0.340. The fourth-order valence-electron chi connectivity index (χ4n) is 3.05. The van der Waals surface area contributed by atoms with Gasteiger partial charge in [-0.3, -0.25) is 4.57 Å². The highest BCUT2D eigenvalue weighted by Gasteiger charge is 2.15. The average Bonchev–Trinajstić information content (AvgIpc) is 3.25. The van der Waals surface area contributed by atoms with Crippen molar-refractivity contribution >= 4 is 11.8 Å². The van der Waals surface area contributed by atoms with Gasteiger partial charge >= 0.3 is 0 Å². The molecular formula is C24H23N3O3S. The molecule has 0 spiro atoms. The molecule has 0 atom stereocenters. The SMILES string of the molecule is COc1ccc(OCc2nnc(SCc3cccc(OC)c3)n2-c2ccccc2)cc1. The lowest BCUT2D eigenvalue weighted by Crippen LogP contribution is -2.06. The van der Waals surface area contributed by atoms with Crippen LogP contribution in [0.2, 0.25) is 0 Å². The van der Waals surface area contributed by atoms with E-state index in [1.54, 1.807) is 26.0 Å². The van der Waals surface area contributed by atoms with Gasteiger partial charge in [-0.1, -0.05) is 42.1 Å². The second kappa shape index (κ2) is 10.0. The Bertz CT molecular complexity index is 1110. The summed E-state index contributed by atoms with van der Waals surface area (Å²) in [5.41, 5.74) is 2.15. The van der Waals surface area contributed by atoms with Gasteiger partial charge in [0.25, 0.3) is 0 Å². The molecular weight excluding hydrogens is 410 g/mol. The summed E-state index contributed by atoms with van der Waals surface area (Å²) in [6.45, 7) is 0.300. The van der Waals surface area contributed by atoms with Crippen molar-refractivity contribution in [3.05, 3.63) is 90.3 Å². The number of nitrogens with zero attached hydrogens (tertiary/aromatic N) is 3. The fourth-order valence-corrected chi connectivity index (χ4v) is 3.97. The van der Waals surface area contributed by atoms with Crippen LogP contribution >= 0.6 is 11.8 Å². The van der Waals surface area contributed by atoms with E-state index in [4.69, 9.17) is 14.2 Å². The van der Waals surface area contributed by atoms with E-state index in [-0.39, 0.29) is 0 Å². The van der Waals surface area contributed by atoms with Gasteiger partial charge in [0.2, 0.25) is 0 Å². The van der Waals surface area contributed by atoms with Crippen LogP contribution in [-0.4, -0.2) is 29.0 Å². The first kappa shape index (κ1) is 20.8. The zero-order valence-electron chi connectivity index (χ0n) is 17.4. The van der Waals surface area contributed by atoms with Crippen molar-refractivity contribution in [2.24, 2.45) is 0 Å². The summed E-state index contributed by atoms with van der Waals surface area (Å²) in [6, 6.07) is 25.6. The lowest BCUT2D eigenvalue weighted by Gasteiger charge is -2.11. The fraction of sp³-hybridized carbons (Fsp3) is 0.167. The van der Waals surface area contributed by atoms with Gasteiger partial charge in [-0.15, -0.1) is 10.2 Å². The predicted molar refractivity (Wildman–Crippen MR) is 121 cm³/mol. The summed E-state index contributed by atoms with van der Waals surface area (Å²) in [4.78, 5) is 0. The second-order valence-electron chi connectivity index (χ2n) is 6.67. The summed E-state index contributed by atoms with van der Waals surface area (Å²) in [5.74, 6) is 3.86. The number of benzene rings is 3. The Kier molecular flexibility index (Phi) is 6.74. The number of rotatable bonds is 9. The summed E-state index contributed by atoms with van der Waals surface area (Å²) >= 11 is 1.62. The first-order chi connectivity index (χ1) is 15.3. The van der Waals surface area contributed by atoms with Gasteiger partial charge in [-0.25, -0.2) is 0 Å². The van der Waals surface area contributed by atoms with Crippen LogP contribution < -0.4 is 14.2 Å². The van der Waals surface area contributed by atoms with Gasteiger partial charge in [0.05, 0.1) is 14.2 Å². The number of methoxy groups -OCH3 is 2. The molecule has 6 nitrogen and oxygen atoms in total. The van der Waals surface area contributed by atoms with E-state index in [1.165, 1.54) is 0 Å². The Morgan fingerprint density at radius 3 is 2.26 bits per heavy atom. The highest BCUT2D eigenvalue weighted by molar-refractivity contribution is 7.98. The molecule has 0 radical (unpaired) electrons. The minimum absolute atomic E-state index is 0.300. The van der Waals surface area contributed by atoms with Gasteiger partial charge in [-0.05, 0) is 54.1 Å². The van der Waals surface area contributed by atoms with Crippen LogP contribution in [-0.2, 0) is 12.4 Å². The van der Waals surface area contributed by atoms with Crippen LogP contribution in [0.15, 0.2) is 84.0 Å². The van der Waals surface area contributed by atoms with Crippen molar-refractivity contribution in [3.63, 3.8) is 0 Å². The molecule has 0 fully saturated rings. The lowest BCUT2D eigenvalue weighted by atomic mass is 10.2. The Balaban J connectivity index is 1.54. The van der Waals surface area contributed by atoms with Crippen LogP contribution in [0.3, 0.4) is 0 Å². The molecule has 1 heterocycles. The third-order valence-electron chi connectivity index (χ3n) is 4.64. The van der Waals surface area contributed by atoms with E-state index in [0.29, 0.717) is 6.61 Å². The van der Waals surface area contributed by atoms with Gasteiger partial charge in [0.1, 0.15) is 23.9 Å². The van der Waals surface area contributed by atoms with Crippen molar-refractivity contribution in [1.29, 1.82) is 0 Å². The molecule has 31 heavy (non-hydrogen) atoms. The Labute approximate surface area is 185 Å². The molecule has 0 aliphatic heterocycles. The van der Waals surface area contributed by atoms with E-state index < -0.39 is 0 Å². The van der Waals surface area contributed by atoms with E-state index >= 15 is 0 Å². The standard InChI is InChI=1S/C24H23N3O3S/c1-28-20-11-13-21(14-12-20)30-16-23-25-26-24(27(23)19-8-4-3-5-9-19)31-17-18-7-6-10-22(15-18)29-2/h3-15H,16-17H2,1-2H3. The molecule has 4 aromatic rings. The minimum Gasteiger partial charge on any atom is -0.497 e. The number of ether oxygens (including phenoxy) is 3. The highest BCUT2D eigenvalue weighted by atomic mass is 32.2. The van der Waals surface area contributed by atoms with Crippen LogP contribution in [0.4, 0.5) is 0 Å². The largest absolute Gasteiger partial charge is 0.497 e. The number of thioether (sulfide) groups is 1. The van der Waals surface area contributed by atoms with E-state index in [2.05, 4.69) is 16.3 Å². The Morgan fingerprint density at radius 2 is 1.52 bits per heavy atom. The Hall–Kier alpha value is -3.45. The van der Waals surface area contributed by atoms with Crippen LogP contribution in [0.1, 0.15) is 11.4 Å². The van der Waals surface area contributed by atoms with E-state index in [9.17, 15) is 0 Å². The Morgan fingerprint density at radius 1 is 0.774 bits per heavy atom. The summed E-state index contributed by atoms with van der Waals surface area (Å²) in [6.07, 6.45) is 0. The van der Waals surface area contributed by atoms with Crippen LogP contribution in [0.25, 0.3) is 5.69 Å². The maximum Gasteiger partial charge on any atom is 0.196 e. The zero-order chi connectivity index (χ0) is 21.5. The third kappa shape index (κ3) is 5.19. The van der Waals surface area contributed by atoms with Gasteiger partial charge in [0.15, 0.2) is 11.0 Å². The maximum atomic E-state index is 5.96.